The Hall–Kier alpha value is -2.55. The molecular formula is C45H78NO8P. The number of nitrogens with two attached hydrogens (primary N) is 1. The quantitative estimate of drug-likeness (QED) is 0.0270. The monoisotopic (exact) mass is 792 g/mol. The number of hydrogen-bond donors (Lipinski definition) is 2. The third-order valence-corrected chi connectivity index (χ3v) is 9.56. The normalized spacial score (nSPS) is 14.0. The van der Waals surface area contributed by atoms with Crippen LogP contribution in [0, 0.1) is 0 Å². The number of carbonyl (C=O) groups is 2. The van der Waals surface area contributed by atoms with E-state index in [0.717, 1.165) is 57.8 Å². The van der Waals surface area contributed by atoms with Crippen LogP contribution in [0.5, 0.6) is 0 Å². The van der Waals surface area contributed by atoms with Gasteiger partial charge in [-0.3, -0.25) is 18.6 Å². The average molecular weight is 792 g/mol. The lowest BCUT2D eigenvalue weighted by Gasteiger charge is -2.19. The van der Waals surface area contributed by atoms with E-state index in [1.807, 2.05) is 12.2 Å². The van der Waals surface area contributed by atoms with Gasteiger partial charge in [0.2, 0.25) is 0 Å². The highest BCUT2D eigenvalue weighted by Crippen LogP contribution is 2.43. The van der Waals surface area contributed by atoms with Gasteiger partial charge in [-0.25, -0.2) is 4.57 Å². The van der Waals surface area contributed by atoms with E-state index in [2.05, 4.69) is 74.6 Å². The molecule has 0 aliphatic carbocycles. The van der Waals surface area contributed by atoms with E-state index in [-0.39, 0.29) is 32.6 Å². The Morgan fingerprint density at radius 2 is 0.982 bits per heavy atom. The molecule has 0 spiro atoms. The molecule has 1 unspecified atom stereocenters. The summed E-state index contributed by atoms with van der Waals surface area (Å²) in [6.45, 7) is 3.59. The Kier molecular flexibility index (Phi) is 39.2. The van der Waals surface area contributed by atoms with Crippen LogP contribution in [0.1, 0.15) is 168 Å². The van der Waals surface area contributed by atoms with Gasteiger partial charge in [0.05, 0.1) is 13.2 Å². The molecule has 0 rings (SSSR count). The Labute approximate surface area is 335 Å². The van der Waals surface area contributed by atoms with Crippen LogP contribution in [0.4, 0.5) is 0 Å². The molecule has 0 aromatic carbocycles. The van der Waals surface area contributed by atoms with Gasteiger partial charge in [0.1, 0.15) is 6.61 Å². The van der Waals surface area contributed by atoms with Gasteiger partial charge in [-0.15, -0.1) is 0 Å². The minimum absolute atomic E-state index is 0.0396. The van der Waals surface area contributed by atoms with E-state index in [1.54, 1.807) is 0 Å². The molecule has 3 N–H and O–H groups in total. The van der Waals surface area contributed by atoms with Crippen LogP contribution >= 0.6 is 7.82 Å². The number of carbonyl (C=O) groups excluding carboxylic acids is 2. The number of esters is 2. The predicted molar refractivity (Wildman–Crippen MR) is 229 cm³/mol. The molecule has 9 nitrogen and oxygen atoms in total. The van der Waals surface area contributed by atoms with Crippen LogP contribution in [0.2, 0.25) is 0 Å². The molecule has 0 aromatic rings. The van der Waals surface area contributed by atoms with Crippen molar-refractivity contribution in [3.8, 4) is 0 Å². The van der Waals surface area contributed by atoms with Crippen LogP contribution < -0.4 is 5.73 Å². The van der Waals surface area contributed by atoms with Gasteiger partial charge >= 0.3 is 19.8 Å². The largest absolute Gasteiger partial charge is 0.472 e. The second kappa shape index (κ2) is 41.1. The van der Waals surface area contributed by atoms with Crippen molar-refractivity contribution in [2.45, 2.75) is 174 Å². The number of hydrogen-bond acceptors (Lipinski definition) is 8. The molecule has 0 heterocycles. The predicted octanol–water partition coefficient (Wildman–Crippen LogP) is 12.3. The van der Waals surface area contributed by atoms with E-state index in [1.165, 1.54) is 70.6 Å². The van der Waals surface area contributed by atoms with Crippen molar-refractivity contribution in [1.82, 2.24) is 0 Å². The van der Waals surface area contributed by atoms with Crippen molar-refractivity contribution in [1.29, 1.82) is 0 Å². The first-order valence-corrected chi connectivity index (χ1v) is 22.9. The van der Waals surface area contributed by atoms with Crippen molar-refractivity contribution in [3.05, 3.63) is 72.9 Å². The molecule has 0 aromatic heterocycles. The first-order chi connectivity index (χ1) is 26.8. The Morgan fingerprint density at radius 1 is 0.545 bits per heavy atom. The highest BCUT2D eigenvalue weighted by atomic mass is 31.2. The molecule has 2 atom stereocenters. The Morgan fingerprint density at radius 3 is 1.53 bits per heavy atom. The summed E-state index contributed by atoms with van der Waals surface area (Å²) < 4.78 is 32.7. The molecule has 0 aliphatic rings. The van der Waals surface area contributed by atoms with Crippen LogP contribution in [0.15, 0.2) is 72.9 Å². The molecular weight excluding hydrogens is 713 g/mol. The molecule has 55 heavy (non-hydrogen) atoms. The lowest BCUT2D eigenvalue weighted by molar-refractivity contribution is -0.161. The molecule has 316 valence electrons. The van der Waals surface area contributed by atoms with E-state index in [9.17, 15) is 19.0 Å². The van der Waals surface area contributed by atoms with Crippen molar-refractivity contribution in [2.24, 2.45) is 5.73 Å². The lowest BCUT2D eigenvalue weighted by atomic mass is 10.1. The number of rotatable bonds is 39. The zero-order valence-electron chi connectivity index (χ0n) is 34.6. The summed E-state index contributed by atoms with van der Waals surface area (Å²) in [6.07, 6.45) is 49.4. The maximum atomic E-state index is 12.6. The summed E-state index contributed by atoms with van der Waals surface area (Å²) >= 11 is 0. The van der Waals surface area contributed by atoms with Gasteiger partial charge < -0.3 is 20.1 Å². The van der Waals surface area contributed by atoms with Gasteiger partial charge in [-0.2, -0.15) is 0 Å². The van der Waals surface area contributed by atoms with E-state index < -0.39 is 32.5 Å². The van der Waals surface area contributed by atoms with E-state index >= 15 is 0 Å². The van der Waals surface area contributed by atoms with Gasteiger partial charge in [0.15, 0.2) is 6.10 Å². The third-order valence-electron chi connectivity index (χ3n) is 8.58. The fourth-order valence-corrected chi connectivity index (χ4v) is 6.14. The first-order valence-electron chi connectivity index (χ1n) is 21.4. The fourth-order valence-electron chi connectivity index (χ4n) is 5.37. The zero-order valence-corrected chi connectivity index (χ0v) is 35.5. The number of allylic oxidation sites excluding steroid dienone is 12. The molecule has 0 fully saturated rings. The van der Waals surface area contributed by atoms with Crippen molar-refractivity contribution in [3.63, 3.8) is 0 Å². The third kappa shape index (κ3) is 40.9. The van der Waals surface area contributed by atoms with E-state index in [0.29, 0.717) is 12.8 Å². The Bertz CT molecular complexity index is 1130. The summed E-state index contributed by atoms with van der Waals surface area (Å²) in [5, 5.41) is 0. The number of ether oxygens (including phenoxy) is 2. The molecule has 0 saturated heterocycles. The standard InChI is InChI=1S/C45H78NO8P/c1-3-5-7-9-11-13-15-17-19-20-21-22-24-25-27-29-31-33-35-37-44(47)51-41-43(42-53-55(49,50)52-40-39-46)54-45(48)38-36-34-32-30-28-26-23-18-16-14-12-10-8-6-4-2/h11,13,17-19,21-23,25,27,31,33,43H,3-10,12,14-16,20,24,26,28-30,32,34-42,46H2,1-2H3,(H,49,50)/b13-11-,19-17-,22-21-,23-18-,27-25-,33-31-/t43-/m1/s1. The number of phosphoric acid groups is 1. The smallest absolute Gasteiger partial charge is 0.462 e. The second-order valence-electron chi connectivity index (χ2n) is 13.8. The molecule has 0 amide bonds. The maximum absolute atomic E-state index is 12.6. The van der Waals surface area contributed by atoms with Gasteiger partial charge in [-0.1, -0.05) is 151 Å². The number of phosphoric ester groups is 1. The topological polar surface area (TPSA) is 134 Å². The van der Waals surface area contributed by atoms with Gasteiger partial charge in [0, 0.05) is 19.4 Å². The molecule has 0 bridgehead atoms. The van der Waals surface area contributed by atoms with Crippen LogP contribution in [-0.4, -0.2) is 49.3 Å². The molecule has 0 radical (unpaired) electrons. The van der Waals surface area contributed by atoms with Gasteiger partial charge in [0.25, 0.3) is 0 Å². The summed E-state index contributed by atoms with van der Waals surface area (Å²) in [4.78, 5) is 34.8. The van der Waals surface area contributed by atoms with Crippen LogP contribution in [0.3, 0.4) is 0 Å². The van der Waals surface area contributed by atoms with Gasteiger partial charge in [-0.05, 0) is 77.0 Å². The first kappa shape index (κ1) is 52.5. The van der Waals surface area contributed by atoms with Crippen molar-refractivity contribution < 1.29 is 37.6 Å². The number of unbranched alkanes of at least 4 members (excludes halogenated alkanes) is 14. The summed E-state index contributed by atoms with van der Waals surface area (Å²) in [5.41, 5.74) is 5.34. The SMILES string of the molecule is CCCCC/C=C\C/C=C\C/C=C\C/C=C\C/C=C\CCC(=O)OC[C@H](COP(=O)(O)OCCN)OC(=O)CCCCCCC/C=C\CCCCCCCC. The summed E-state index contributed by atoms with van der Waals surface area (Å²) in [5.74, 6) is -0.940. The fraction of sp³-hybridized carbons (Fsp3) is 0.689. The maximum Gasteiger partial charge on any atom is 0.472 e. The average Bonchev–Trinajstić information content (AvgIpc) is 3.17. The lowest BCUT2D eigenvalue weighted by Crippen LogP contribution is -2.29. The van der Waals surface area contributed by atoms with Crippen LogP contribution in [0.25, 0.3) is 0 Å². The molecule has 0 saturated carbocycles. The molecule has 10 heteroatoms. The highest BCUT2D eigenvalue weighted by molar-refractivity contribution is 7.47. The van der Waals surface area contributed by atoms with Crippen molar-refractivity contribution in [2.75, 3.05) is 26.4 Å². The molecule has 0 aliphatic heterocycles. The minimum Gasteiger partial charge on any atom is -0.462 e. The highest BCUT2D eigenvalue weighted by Gasteiger charge is 2.25. The van der Waals surface area contributed by atoms with Crippen LogP contribution in [-0.2, 0) is 32.7 Å². The Balaban J connectivity index is 4.31. The summed E-state index contributed by atoms with van der Waals surface area (Å²) in [6, 6.07) is 0. The zero-order chi connectivity index (χ0) is 40.3. The second-order valence-corrected chi connectivity index (χ2v) is 15.3. The van der Waals surface area contributed by atoms with Crippen molar-refractivity contribution >= 4 is 19.8 Å². The summed E-state index contributed by atoms with van der Waals surface area (Å²) in [7, 11) is -4.40. The van der Waals surface area contributed by atoms with E-state index in [4.69, 9.17) is 24.3 Å². The minimum atomic E-state index is -4.40.